The summed E-state index contributed by atoms with van der Waals surface area (Å²) in [5.74, 6) is -1.55. The fraction of sp³-hybridized carbons (Fsp3) is 0.511. The third-order valence-corrected chi connectivity index (χ3v) is 8.81. The molecule has 0 fully saturated rings. The highest BCUT2D eigenvalue weighted by atomic mass is 16.6. The van der Waals surface area contributed by atoms with E-state index in [2.05, 4.69) is 17.6 Å². The smallest absolute Gasteiger partial charge is 0.408 e. The molecule has 0 spiro atoms. The van der Waals surface area contributed by atoms with E-state index in [1.54, 1.807) is 58.6 Å². The number of benzene rings is 3. The lowest BCUT2D eigenvalue weighted by atomic mass is 9.96. The Morgan fingerprint density at radius 2 is 1.24 bits per heavy atom. The first-order valence-electron chi connectivity index (χ1n) is 19.6. The van der Waals surface area contributed by atoms with Crippen molar-refractivity contribution >= 4 is 23.9 Å². The first-order valence-corrected chi connectivity index (χ1v) is 19.6. The van der Waals surface area contributed by atoms with Crippen molar-refractivity contribution in [2.24, 2.45) is 0 Å². The lowest BCUT2D eigenvalue weighted by molar-refractivity contribution is -0.159. The summed E-state index contributed by atoms with van der Waals surface area (Å²) in [5.41, 5.74) is 2.27. The van der Waals surface area contributed by atoms with Gasteiger partial charge in [0.2, 0.25) is 11.8 Å². The zero-order chi connectivity index (χ0) is 40.8. The van der Waals surface area contributed by atoms with Crippen LogP contribution >= 0.6 is 0 Å². The Bertz CT molecular complexity index is 1670. The van der Waals surface area contributed by atoms with E-state index in [4.69, 9.17) is 9.47 Å². The van der Waals surface area contributed by atoms with Crippen LogP contribution in [0.5, 0.6) is 5.75 Å². The van der Waals surface area contributed by atoms with Crippen LogP contribution in [0.15, 0.2) is 72.8 Å². The van der Waals surface area contributed by atoms with Crippen LogP contribution in [0.1, 0.15) is 121 Å². The number of rotatable bonds is 18. The number of unbranched alkanes of at least 4 members (excludes halogenated alkanes) is 5. The van der Waals surface area contributed by atoms with E-state index in [0.717, 1.165) is 48.8 Å². The number of alkyl carbamates (subject to hydrolysis) is 1. The molecule has 10 nitrogen and oxygen atoms in total. The number of esters is 1. The molecule has 3 rings (SSSR count). The van der Waals surface area contributed by atoms with Gasteiger partial charge in [0.15, 0.2) is 0 Å². The predicted octanol–water partition coefficient (Wildman–Crippen LogP) is 8.44. The molecule has 0 aromatic heterocycles. The molecule has 0 saturated heterocycles. The zero-order valence-corrected chi connectivity index (χ0v) is 34.4. The number of nitrogens with one attached hydrogen (secondary N) is 2. The topological polar surface area (TPSA) is 134 Å². The molecule has 3 aromatic carbocycles. The number of aromatic hydroxyl groups is 1. The van der Waals surface area contributed by atoms with E-state index in [-0.39, 0.29) is 25.1 Å². The summed E-state index contributed by atoms with van der Waals surface area (Å²) in [6.45, 7) is 16.8. The number of aryl methyl sites for hydroxylation is 2. The van der Waals surface area contributed by atoms with Gasteiger partial charge in [-0.15, -0.1) is 0 Å². The number of phenols is 1. The number of hydrogen-bond acceptors (Lipinski definition) is 7. The van der Waals surface area contributed by atoms with Gasteiger partial charge in [0.25, 0.3) is 0 Å². The first-order chi connectivity index (χ1) is 25.8. The maximum Gasteiger partial charge on any atom is 0.408 e. The minimum atomic E-state index is -1.16. The van der Waals surface area contributed by atoms with Gasteiger partial charge >= 0.3 is 12.1 Å². The fourth-order valence-electron chi connectivity index (χ4n) is 6.45. The summed E-state index contributed by atoms with van der Waals surface area (Å²) in [6.07, 6.45) is 5.16. The Morgan fingerprint density at radius 3 is 1.82 bits per heavy atom. The van der Waals surface area contributed by atoms with Crippen LogP contribution in [0.4, 0.5) is 4.79 Å². The van der Waals surface area contributed by atoms with Crippen LogP contribution in [-0.4, -0.2) is 63.7 Å². The Hall–Kier alpha value is -4.86. The summed E-state index contributed by atoms with van der Waals surface area (Å²) in [4.78, 5) is 58.6. The van der Waals surface area contributed by atoms with E-state index in [1.165, 1.54) is 12.1 Å². The number of hydrogen-bond donors (Lipinski definition) is 3. The van der Waals surface area contributed by atoms with Gasteiger partial charge < -0.3 is 30.1 Å². The van der Waals surface area contributed by atoms with Crippen molar-refractivity contribution in [2.75, 3.05) is 6.54 Å². The molecule has 300 valence electrons. The number of ether oxygens (including phenoxy) is 2. The molecule has 0 radical (unpaired) electrons. The van der Waals surface area contributed by atoms with Crippen LogP contribution in [0.25, 0.3) is 0 Å². The van der Waals surface area contributed by atoms with Gasteiger partial charge in [-0.1, -0.05) is 111 Å². The lowest BCUT2D eigenvalue weighted by Gasteiger charge is -2.36. The Labute approximate surface area is 328 Å². The predicted molar refractivity (Wildman–Crippen MR) is 217 cm³/mol. The molecule has 3 atom stereocenters. The molecule has 0 saturated carbocycles. The Morgan fingerprint density at radius 1 is 0.691 bits per heavy atom. The van der Waals surface area contributed by atoms with Crippen LogP contribution in [-0.2, 0) is 36.7 Å². The number of carbonyl (C=O) groups is 4. The maximum absolute atomic E-state index is 15.1. The molecule has 0 heterocycles. The second-order valence-electron chi connectivity index (χ2n) is 16.5. The van der Waals surface area contributed by atoms with Crippen molar-refractivity contribution in [3.05, 3.63) is 101 Å². The van der Waals surface area contributed by atoms with Gasteiger partial charge in [-0.05, 0) is 90.6 Å². The average molecular weight is 758 g/mol. The maximum atomic E-state index is 15.1. The van der Waals surface area contributed by atoms with Gasteiger partial charge in [-0.3, -0.25) is 9.59 Å². The van der Waals surface area contributed by atoms with E-state index in [1.807, 2.05) is 62.4 Å². The molecule has 3 unspecified atom stereocenters. The van der Waals surface area contributed by atoms with Crippen LogP contribution in [0, 0.1) is 13.8 Å². The highest BCUT2D eigenvalue weighted by Crippen LogP contribution is 2.27. The minimum Gasteiger partial charge on any atom is -0.508 e. The van der Waals surface area contributed by atoms with E-state index >= 15 is 4.79 Å². The van der Waals surface area contributed by atoms with E-state index in [9.17, 15) is 19.5 Å². The molecule has 3 aromatic rings. The molecular weight excluding hydrogens is 695 g/mol. The average Bonchev–Trinajstić information content (AvgIpc) is 3.07. The highest BCUT2D eigenvalue weighted by Gasteiger charge is 2.38. The van der Waals surface area contributed by atoms with Crippen LogP contribution in [0.3, 0.4) is 0 Å². The molecule has 3 N–H and O–H groups in total. The van der Waals surface area contributed by atoms with Crippen molar-refractivity contribution in [1.82, 2.24) is 15.5 Å². The van der Waals surface area contributed by atoms with Crippen molar-refractivity contribution in [3.63, 3.8) is 0 Å². The third kappa shape index (κ3) is 15.8. The highest BCUT2D eigenvalue weighted by molar-refractivity contribution is 5.94. The van der Waals surface area contributed by atoms with Gasteiger partial charge in [0.05, 0.1) is 0 Å². The standard InChI is InChI=1S/C45H63N3O7/c1-10-11-12-13-14-18-25-48(41(51)37(47-43(53)55-45(7,8)9)29-34-21-23-36(49)24-22-34)39(35-27-31(2)26-32(3)28-35)40(50)46-38(42(52)54-44(4,5)6)30-33-19-16-15-17-20-33/h15-17,19-24,26-28,37-39,49H,10-14,18,25,29-30H2,1-9H3,(H,46,50)(H,47,53). The largest absolute Gasteiger partial charge is 0.508 e. The van der Waals surface area contributed by atoms with Gasteiger partial charge in [0.1, 0.15) is 35.1 Å². The normalized spacial score (nSPS) is 13.3. The summed E-state index contributed by atoms with van der Waals surface area (Å²) >= 11 is 0. The molecule has 3 amide bonds. The second kappa shape index (κ2) is 20.7. The fourth-order valence-corrected chi connectivity index (χ4v) is 6.45. The third-order valence-electron chi connectivity index (χ3n) is 8.81. The lowest BCUT2D eigenvalue weighted by Crippen LogP contribution is -2.55. The number of phenolic OH excluding ortho intramolecular Hbond substituents is 1. The van der Waals surface area contributed by atoms with Gasteiger partial charge in [-0.2, -0.15) is 0 Å². The second-order valence-corrected chi connectivity index (χ2v) is 16.5. The SMILES string of the molecule is CCCCCCCCN(C(=O)C(Cc1ccc(O)cc1)NC(=O)OC(C)(C)C)C(C(=O)NC(Cc1ccccc1)C(=O)OC(C)(C)C)c1cc(C)cc(C)c1. The summed E-state index contributed by atoms with van der Waals surface area (Å²) in [6, 6.07) is 18.2. The van der Waals surface area contributed by atoms with Crippen molar-refractivity contribution < 1.29 is 33.8 Å². The van der Waals surface area contributed by atoms with E-state index in [0.29, 0.717) is 17.5 Å². The van der Waals surface area contributed by atoms with E-state index < -0.39 is 53.2 Å². The number of carbonyl (C=O) groups excluding carboxylic acids is 4. The molecular formula is C45H63N3O7. The number of nitrogens with zero attached hydrogens (tertiary/aromatic N) is 1. The molecule has 0 aliphatic rings. The number of amides is 3. The van der Waals surface area contributed by atoms with Crippen LogP contribution < -0.4 is 10.6 Å². The Kier molecular flexibility index (Phi) is 16.8. The summed E-state index contributed by atoms with van der Waals surface area (Å²) in [7, 11) is 0. The zero-order valence-electron chi connectivity index (χ0n) is 34.4. The quantitative estimate of drug-likeness (QED) is 0.0876. The Balaban J connectivity index is 2.16. The van der Waals surface area contributed by atoms with Gasteiger partial charge in [0, 0.05) is 19.4 Å². The molecule has 55 heavy (non-hydrogen) atoms. The minimum absolute atomic E-state index is 0.0676. The first kappa shape index (κ1) is 44.5. The van der Waals surface area contributed by atoms with Gasteiger partial charge in [-0.25, -0.2) is 9.59 Å². The van der Waals surface area contributed by atoms with Crippen molar-refractivity contribution in [2.45, 2.75) is 143 Å². The molecule has 0 aliphatic heterocycles. The summed E-state index contributed by atoms with van der Waals surface area (Å²) < 4.78 is 11.4. The van der Waals surface area contributed by atoms with Crippen molar-refractivity contribution in [3.8, 4) is 5.75 Å². The monoisotopic (exact) mass is 757 g/mol. The molecule has 0 aliphatic carbocycles. The molecule has 0 bridgehead atoms. The van der Waals surface area contributed by atoms with Crippen LogP contribution in [0.2, 0.25) is 0 Å². The van der Waals surface area contributed by atoms with Crippen molar-refractivity contribution in [1.29, 1.82) is 0 Å². The summed E-state index contributed by atoms with van der Waals surface area (Å²) in [5, 5.41) is 15.8. The molecule has 10 heteroatoms.